The standard InChI is InChI=1S/C10H12N4O2S/c1-8-7-17(15,16)5-4-14(8)10-12-3-2-9(6-11)13-10/h2-3,8H,4-5,7H2,1H3. The number of anilines is 1. The summed E-state index contributed by atoms with van der Waals surface area (Å²) in [5, 5.41) is 8.75. The van der Waals surface area contributed by atoms with Crippen LogP contribution in [0.4, 0.5) is 5.95 Å². The van der Waals surface area contributed by atoms with E-state index in [1.807, 2.05) is 17.9 Å². The van der Waals surface area contributed by atoms with E-state index >= 15 is 0 Å². The van der Waals surface area contributed by atoms with Crippen molar-refractivity contribution in [2.24, 2.45) is 0 Å². The summed E-state index contributed by atoms with van der Waals surface area (Å²) in [6.45, 7) is 2.19. The van der Waals surface area contributed by atoms with Gasteiger partial charge in [0.1, 0.15) is 11.8 Å². The number of rotatable bonds is 1. The molecule has 0 N–H and O–H groups in total. The fourth-order valence-corrected chi connectivity index (χ4v) is 3.40. The van der Waals surface area contributed by atoms with Gasteiger partial charge in [-0.3, -0.25) is 0 Å². The topological polar surface area (TPSA) is 87.0 Å². The van der Waals surface area contributed by atoms with Crippen molar-refractivity contribution < 1.29 is 8.42 Å². The third kappa shape index (κ3) is 2.53. The van der Waals surface area contributed by atoms with Crippen molar-refractivity contribution >= 4 is 15.8 Å². The van der Waals surface area contributed by atoms with E-state index in [1.165, 1.54) is 12.3 Å². The molecule has 0 saturated carbocycles. The van der Waals surface area contributed by atoms with Crippen molar-refractivity contribution in [3.63, 3.8) is 0 Å². The largest absolute Gasteiger partial charge is 0.336 e. The molecule has 17 heavy (non-hydrogen) atoms. The maximum atomic E-state index is 11.4. The molecule has 1 saturated heterocycles. The van der Waals surface area contributed by atoms with E-state index in [9.17, 15) is 8.42 Å². The van der Waals surface area contributed by atoms with Gasteiger partial charge in [0, 0.05) is 18.8 Å². The monoisotopic (exact) mass is 252 g/mol. The number of nitrogens with zero attached hydrogens (tertiary/aromatic N) is 4. The molecule has 1 aliphatic heterocycles. The summed E-state index contributed by atoms with van der Waals surface area (Å²) in [6, 6.07) is 3.30. The van der Waals surface area contributed by atoms with Crippen LogP contribution in [0.3, 0.4) is 0 Å². The summed E-state index contributed by atoms with van der Waals surface area (Å²) >= 11 is 0. The number of aromatic nitrogens is 2. The molecule has 0 amide bonds. The first-order chi connectivity index (χ1) is 8.02. The van der Waals surface area contributed by atoms with Gasteiger partial charge in [0.15, 0.2) is 9.84 Å². The Morgan fingerprint density at radius 1 is 1.59 bits per heavy atom. The van der Waals surface area contributed by atoms with Crippen LogP contribution in [-0.4, -0.2) is 42.5 Å². The average Bonchev–Trinajstić information content (AvgIpc) is 2.28. The minimum atomic E-state index is -2.95. The molecular formula is C10H12N4O2S. The highest BCUT2D eigenvalue weighted by molar-refractivity contribution is 7.91. The molecule has 1 aromatic rings. The van der Waals surface area contributed by atoms with E-state index < -0.39 is 9.84 Å². The molecule has 1 fully saturated rings. The van der Waals surface area contributed by atoms with Crippen LogP contribution < -0.4 is 4.90 Å². The molecule has 7 heteroatoms. The van der Waals surface area contributed by atoms with Crippen LogP contribution in [0, 0.1) is 11.3 Å². The van der Waals surface area contributed by atoms with Crippen molar-refractivity contribution in [3.8, 4) is 6.07 Å². The van der Waals surface area contributed by atoms with Crippen LogP contribution >= 0.6 is 0 Å². The van der Waals surface area contributed by atoms with Gasteiger partial charge in [-0.05, 0) is 13.0 Å². The van der Waals surface area contributed by atoms with Crippen LogP contribution in [-0.2, 0) is 9.84 Å². The summed E-state index contributed by atoms with van der Waals surface area (Å²) in [4.78, 5) is 9.97. The number of sulfone groups is 1. The van der Waals surface area contributed by atoms with E-state index in [2.05, 4.69) is 9.97 Å². The Morgan fingerprint density at radius 3 is 3.00 bits per heavy atom. The van der Waals surface area contributed by atoms with E-state index in [1.54, 1.807) is 0 Å². The molecule has 0 radical (unpaired) electrons. The Hall–Kier alpha value is -1.68. The van der Waals surface area contributed by atoms with E-state index in [-0.39, 0.29) is 23.2 Å². The fraction of sp³-hybridized carbons (Fsp3) is 0.500. The molecule has 90 valence electrons. The Balaban J connectivity index is 2.26. The van der Waals surface area contributed by atoms with Crippen molar-refractivity contribution in [2.75, 3.05) is 23.0 Å². The van der Waals surface area contributed by atoms with Gasteiger partial charge in [0.25, 0.3) is 0 Å². The van der Waals surface area contributed by atoms with Gasteiger partial charge in [0.2, 0.25) is 5.95 Å². The first kappa shape index (κ1) is 11.8. The molecule has 1 aromatic heterocycles. The summed E-state index contributed by atoms with van der Waals surface area (Å²) in [6.07, 6.45) is 1.51. The van der Waals surface area contributed by atoms with Crippen molar-refractivity contribution in [1.82, 2.24) is 9.97 Å². The van der Waals surface area contributed by atoms with E-state index in [0.29, 0.717) is 12.5 Å². The minimum Gasteiger partial charge on any atom is -0.336 e. The summed E-state index contributed by atoms with van der Waals surface area (Å²) in [5.74, 6) is 0.636. The molecule has 0 bridgehead atoms. The molecule has 1 unspecified atom stereocenters. The number of nitriles is 1. The van der Waals surface area contributed by atoms with Crippen molar-refractivity contribution in [2.45, 2.75) is 13.0 Å². The van der Waals surface area contributed by atoms with Crippen LogP contribution in [0.25, 0.3) is 0 Å². The number of hydrogen-bond acceptors (Lipinski definition) is 6. The molecule has 0 aliphatic carbocycles. The van der Waals surface area contributed by atoms with Gasteiger partial charge in [-0.25, -0.2) is 18.4 Å². The van der Waals surface area contributed by atoms with Gasteiger partial charge in [-0.15, -0.1) is 0 Å². The normalized spacial score (nSPS) is 23.1. The zero-order valence-electron chi connectivity index (χ0n) is 9.37. The SMILES string of the molecule is CC1CS(=O)(=O)CCN1c1nccc(C#N)n1. The average molecular weight is 252 g/mol. The zero-order chi connectivity index (χ0) is 12.5. The highest BCUT2D eigenvalue weighted by atomic mass is 32.2. The molecule has 1 atom stereocenters. The molecule has 0 spiro atoms. The molecule has 2 rings (SSSR count). The third-order valence-corrected chi connectivity index (χ3v) is 4.48. The second-order valence-electron chi connectivity index (χ2n) is 4.01. The van der Waals surface area contributed by atoms with Crippen LogP contribution in [0.1, 0.15) is 12.6 Å². The summed E-state index contributed by atoms with van der Waals surface area (Å²) < 4.78 is 22.9. The Labute approximate surface area is 99.8 Å². The number of hydrogen-bond donors (Lipinski definition) is 0. The Bertz CT molecular complexity index is 564. The molecular weight excluding hydrogens is 240 g/mol. The maximum Gasteiger partial charge on any atom is 0.226 e. The van der Waals surface area contributed by atoms with Gasteiger partial charge in [0.05, 0.1) is 11.5 Å². The predicted molar refractivity (Wildman–Crippen MR) is 62.2 cm³/mol. The first-order valence-corrected chi connectivity index (χ1v) is 7.04. The second-order valence-corrected chi connectivity index (χ2v) is 6.24. The van der Waals surface area contributed by atoms with E-state index in [4.69, 9.17) is 5.26 Å². The van der Waals surface area contributed by atoms with Gasteiger partial charge in [-0.1, -0.05) is 0 Å². The van der Waals surface area contributed by atoms with Crippen molar-refractivity contribution in [3.05, 3.63) is 18.0 Å². The molecule has 6 nitrogen and oxygen atoms in total. The highest BCUT2D eigenvalue weighted by Gasteiger charge is 2.29. The van der Waals surface area contributed by atoms with Gasteiger partial charge in [-0.2, -0.15) is 5.26 Å². The van der Waals surface area contributed by atoms with Gasteiger partial charge >= 0.3 is 0 Å². The zero-order valence-corrected chi connectivity index (χ0v) is 10.2. The lowest BCUT2D eigenvalue weighted by atomic mass is 10.3. The van der Waals surface area contributed by atoms with Crippen LogP contribution in [0.2, 0.25) is 0 Å². The Kier molecular flexibility index (Phi) is 2.98. The summed E-state index contributed by atoms with van der Waals surface area (Å²) in [7, 11) is -2.95. The quantitative estimate of drug-likeness (QED) is 0.697. The third-order valence-electron chi connectivity index (χ3n) is 2.68. The maximum absolute atomic E-state index is 11.4. The van der Waals surface area contributed by atoms with Crippen LogP contribution in [0.5, 0.6) is 0 Å². The first-order valence-electron chi connectivity index (χ1n) is 5.22. The minimum absolute atomic E-state index is 0.104. The van der Waals surface area contributed by atoms with E-state index in [0.717, 1.165) is 0 Å². The molecule has 0 aromatic carbocycles. The molecule has 2 heterocycles. The molecule has 1 aliphatic rings. The highest BCUT2D eigenvalue weighted by Crippen LogP contribution is 2.17. The fourth-order valence-electron chi connectivity index (χ4n) is 1.84. The predicted octanol–water partition coefficient (Wildman–Crippen LogP) is -0.0284. The smallest absolute Gasteiger partial charge is 0.226 e. The Morgan fingerprint density at radius 2 is 2.35 bits per heavy atom. The van der Waals surface area contributed by atoms with Gasteiger partial charge < -0.3 is 4.90 Å². The lowest BCUT2D eigenvalue weighted by Gasteiger charge is -2.32. The lowest BCUT2D eigenvalue weighted by Crippen LogP contribution is -2.47. The lowest BCUT2D eigenvalue weighted by molar-refractivity contribution is 0.565. The summed E-state index contributed by atoms with van der Waals surface area (Å²) in [5.41, 5.74) is 0.288. The second kappa shape index (κ2) is 4.30. The van der Waals surface area contributed by atoms with Crippen molar-refractivity contribution in [1.29, 1.82) is 5.26 Å². The van der Waals surface area contributed by atoms with Crippen LogP contribution in [0.15, 0.2) is 12.3 Å².